The van der Waals surface area contributed by atoms with E-state index in [0.717, 1.165) is 6.42 Å². The summed E-state index contributed by atoms with van der Waals surface area (Å²) in [4.78, 5) is 23.7. The molecule has 5 nitrogen and oxygen atoms in total. The van der Waals surface area contributed by atoms with Gasteiger partial charge in [-0.15, -0.1) is 0 Å². The molecular formula is C12H17N3O2S. The molecule has 0 bridgehead atoms. The molecule has 1 aromatic rings. The molecule has 0 saturated heterocycles. The molecule has 3 N–H and O–H groups in total. The van der Waals surface area contributed by atoms with Crippen LogP contribution in [0.1, 0.15) is 24.6 Å². The van der Waals surface area contributed by atoms with Gasteiger partial charge in [0.25, 0.3) is 5.56 Å². The first kappa shape index (κ1) is 14.4. The van der Waals surface area contributed by atoms with Crippen molar-refractivity contribution >= 4 is 23.1 Å². The van der Waals surface area contributed by atoms with E-state index in [1.807, 2.05) is 6.92 Å². The number of thiocarbonyl (C=S) groups is 1. The second-order valence-corrected chi connectivity index (χ2v) is 4.43. The standard InChI is InChI=1S/C12H17N3O2S/c1-3-6-14-10(16)7-15-8(2)4-5-9(11(13)18)12(15)17/h4-5H,3,6-7H2,1-2H3,(H2,13,18)(H,14,16). The average Bonchev–Trinajstić information content (AvgIpc) is 2.31. The quantitative estimate of drug-likeness (QED) is 0.753. The summed E-state index contributed by atoms with van der Waals surface area (Å²) in [5, 5.41) is 2.72. The first-order valence-electron chi connectivity index (χ1n) is 5.74. The van der Waals surface area contributed by atoms with Gasteiger partial charge in [-0.1, -0.05) is 19.1 Å². The highest BCUT2D eigenvalue weighted by Crippen LogP contribution is 1.98. The number of carbonyl (C=O) groups is 1. The Hall–Kier alpha value is -1.69. The zero-order valence-electron chi connectivity index (χ0n) is 10.5. The van der Waals surface area contributed by atoms with Crippen molar-refractivity contribution in [2.24, 2.45) is 5.73 Å². The first-order chi connectivity index (χ1) is 8.47. The fraction of sp³-hybridized carbons (Fsp3) is 0.417. The summed E-state index contributed by atoms with van der Waals surface area (Å²) in [5.41, 5.74) is 6.10. The summed E-state index contributed by atoms with van der Waals surface area (Å²) >= 11 is 4.80. The minimum atomic E-state index is -0.325. The van der Waals surface area contributed by atoms with Crippen LogP contribution in [0, 0.1) is 6.92 Å². The molecule has 1 heterocycles. The van der Waals surface area contributed by atoms with E-state index in [0.29, 0.717) is 12.2 Å². The lowest BCUT2D eigenvalue weighted by Gasteiger charge is -2.11. The molecule has 0 aliphatic heterocycles. The molecule has 0 fully saturated rings. The molecular weight excluding hydrogens is 250 g/mol. The number of aryl methyl sites for hydroxylation is 1. The third kappa shape index (κ3) is 3.40. The maximum atomic E-state index is 12.1. The van der Waals surface area contributed by atoms with Gasteiger partial charge in [-0.3, -0.25) is 9.59 Å². The molecule has 0 spiro atoms. The Kier molecular flexibility index (Phi) is 5.03. The van der Waals surface area contributed by atoms with Crippen LogP contribution in [0.3, 0.4) is 0 Å². The Labute approximate surface area is 111 Å². The number of carbonyl (C=O) groups excluding carboxylic acids is 1. The number of hydrogen-bond acceptors (Lipinski definition) is 3. The van der Waals surface area contributed by atoms with Crippen LogP contribution in [0.25, 0.3) is 0 Å². The summed E-state index contributed by atoms with van der Waals surface area (Å²) in [7, 11) is 0. The highest BCUT2D eigenvalue weighted by Gasteiger charge is 2.11. The van der Waals surface area contributed by atoms with Crippen LogP contribution in [-0.4, -0.2) is 22.0 Å². The molecule has 0 unspecified atom stereocenters. The monoisotopic (exact) mass is 267 g/mol. The summed E-state index contributed by atoms with van der Waals surface area (Å²) < 4.78 is 1.37. The molecule has 0 saturated carbocycles. The predicted octanol–water partition coefficient (Wildman–Crippen LogP) is 0.317. The van der Waals surface area contributed by atoms with Gasteiger partial charge in [-0.25, -0.2) is 0 Å². The van der Waals surface area contributed by atoms with Gasteiger partial charge in [0.2, 0.25) is 5.91 Å². The Morgan fingerprint density at radius 1 is 1.50 bits per heavy atom. The van der Waals surface area contributed by atoms with Gasteiger partial charge < -0.3 is 15.6 Å². The fourth-order valence-electron chi connectivity index (χ4n) is 1.52. The van der Waals surface area contributed by atoms with E-state index >= 15 is 0 Å². The van der Waals surface area contributed by atoms with E-state index < -0.39 is 0 Å². The number of amides is 1. The van der Waals surface area contributed by atoms with Crippen molar-refractivity contribution < 1.29 is 4.79 Å². The lowest BCUT2D eigenvalue weighted by Crippen LogP contribution is -2.36. The van der Waals surface area contributed by atoms with E-state index in [4.69, 9.17) is 18.0 Å². The van der Waals surface area contributed by atoms with Gasteiger partial charge in [-0.05, 0) is 25.5 Å². The lowest BCUT2D eigenvalue weighted by atomic mass is 10.2. The lowest BCUT2D eigenvalue weighted by molar-refractivity contribution is -0.121. The van der Waals surface area contributed by atoms with Crippen LogP contribution in [-0.2, 0) is 11.3 Å². The number of nitrogens with zero attached hydrogens (tertiary/aromatic N) is 1. The number of rotatable bonds is 5. The van der Waals surface area contributed by atoms with Crippen LogP contribution in [0.15, 0.2) is 16.9 Å². The van der Waals surface area contributed by atoms with E-state index in [9.17, 15) is 9.59 Å². The van der Waals surface area contributed by atoms with Crippen molar-refractivity contribution in [3.05, 3.63) is 33.7 Å². The average molecular weight is 267 g/mol. The van der Waals surface area contributed by atoms with E-state index in [1.54, 1.807) is 19.1 Å². The van der Waals surface area contributed by atoms with Crippen LogP contribution in [0.5, 0.6) is 0 Å². The molecule has 6 heteroatoms. The van der Waals surface area contributed by atoms with Crippen molar-refractivity contribution in [1.29, 1.82) is 0 Å². The van der Waals surface area contributed by atoms with E-state index in [2.05, 4.69) is 5.32 Å². The third-order valence-electron chi connectivity index (χ3n) is 2.53. The maximum absolute atomic E-state index is 12.1. The number of nitrogens with two attached hydrogens (primary N) is 1. The van der Waals surface area contributed by atoms with E-state index in [-0.39, 0.29) is 28.6 Å². The zero-order chi connectivity index (χ0) is 13.7. The van der Waals surface area contributed by atoms with Gasteiger partial charge in [0.05, 0.1) is 5.56 Å². The Bertz CT molecular complexity index is 523. The van der Waals surface area contributed by atoms with Crippen molar-refractivity contribution in [3.63, 3.8) is 0 Å². The van der Waals surface area contributed by atoms with Gasteiger partial charge in [-0.2, -0.15) is 0 Å². The van der Waals surface area contributed by atoms with Crippen molar-refractivity contribution in [2.45, 2.75) is 26.8 Å². The fourth-order valence-corrected chi connectivity index (χ4v) is 1.67. The summed E-state index contributed by atoms with van der Waals surface area (Å²) in [6, 6.07) is 3.31. The molecule has 1 rings (SSSR count). The second kappa shape index (κ2) is 6.30. The maximum Gasteiger partial charge on any atom is 0.261 e. The molecule has 0 atom stereocenters. The van der Waals surface area contributed by atoms with E-state index in [1.165, 1.54) is 4.57 Å². The van der Waals surface area contributed by atoms with Crippen LogP contribution >= 0.6 is 12.2 Å². The normalized spacial score (nSPS) is 10.1. The van der Waals surface area contributed by atoms with Crippen molar-refractivity contribution in [3.8, 4) is 0 Å². The van der Waals surface area contributed by atoms with Crippen LogP contribution in [0.2, 0.25) is 0 Å². The highest BCUT2D eigenvalue weighted by molar-refractivity contribution is 7.80. The molecule has 0 aliphatic carbocycles. The molecule has 0 radical (unpaired) electrons. The molecule has 18 heavy (non-hydrogen) atoms. The van der Waals surface area contributed by atoms with Gasteiger partial charge >= 0.3 is 0 Å². The van der Waals surface area contributed by atoms with Crippen LogP contribution in [0.4, 0.5) is 0 Å². The number of nitrogens with one attached hydrogen (secondary N) is 1. The molecule has 0 aromatic carbocycles. The summed E-state index contributed by atoms with van der Waals surface area (Å²) in [5.74, 6) is -0.192. The SMILES string of the molecule is CCCNC(=O)Cn1c(C)ccc(C(N)=S)c1=O. The van der Waals surface area contributed by atoms with Crippen LogP contribution < -0.4 is 16.6 Å². The molecule has 1 aromatic heterocycles. The Morgan fingerprint density at radius 2 is 2.17 bits per heavy atom. The Morgan fingerprint density at radius 3 is 2.72 bits per heavy atom. The smallest absolute Gasteiger partial charge is 0.261 e. The summed E-state index contributed by atoms with van der Waals surface area (Å²) in [6.07, 6.45) is 0.854. The highest BCUT2D eigenvalue weighted by atomic mass is 32.1. The number of hydrogen-bond donors (Lipinski definition) is 2. The minimum Gasteiger partial charge on any atom is -0.389 e. The molecule has 98 valence electrons. The minimum absolute atomic E-state index is 0.0128. The van der Waals surface area contributed by atoms with Crippen molar-refractivity contribution in [2.75, 3.05) is 6.54 Å². The number of aromatic nitrogens is 1. The second-order valence-electron chi connectivity index (χ2n) is 3.99. The van der Waals surface area contributed by atoms with Crippen molar-refractivity contribution in [1.82, 2.24) is 9.88 Å². The molecule has 0 aliphatic rings. The first-order valence-corrected chi connectivity index (χ1v) is 6.15. The Balaban J connectivity index is 3.01. The topological polar surface area (TPSA) is 77.1 Å². The summed E-state index contributed by atoms with van der Waals surface area (Å²) in [6.45, 7) is 4.31. The van der Waals surface area contributed by atoms with Gasteiger partial charge in [0, 0.05) is 12.2 Å². The third-order valence-corrected chi connectivity index (χ3v) is 2.75. The zero-order valence-corrected chi connectivity index (χ0v) is 11.3. The van der Waals surface area contributed by atoms with Gasteiger partial charge in [0.1, 0.15) is 11.5 Å². The van der Waals surface area contributed by atoms with Gasteiger partial charge in [0.15, 0.2) is 0 Å². The largest absolute Gasteiger partial charge is 0.389 e. The molecule has 1 amide bonds. The number of pyridine rings is 1. The predicted molar refractivity (Wildman–Crippen MR) is 74.6 cm³/mol.